The molecule has 3 rings (SSSR count). The maximum Gasteiger partial charge on any atom is 0.341 e. The molecule has 1 heterocycles. The fourth-order valence-corrected chi connectivity index (χ4v) is 3.80. The van der Waals surface area contributed by atoms with Crippen LogP contribution in [0.2, 0.25) is 0 Å². The number of aryl methyl sites for hydroxylation is 1. The number of fused-ring (bicyclic) bond motifs is 1. The Morgan fingerprint density at radius 3 is 2.59 bits per heavy atom. The van der Waals surface area contributed by atoms with E-state index >= 15 is 0 Å². The van der Waals surface area contributed by atoms with Gasteiger partial charge in [-0.25, -0.2) is 4.79 Å². The van der Waals surface area contributed by atoms with Crippen LogP contribution < -0.4 is 15.5 Å². The molecule has 8 heteroatoms. The number of ether oxygens (including phenoxy) is 2. The number of pyridine rings is 1. The second-order valence-corrected chi connectivity index (χ2v) is 7.92. The Kier molecular flexibility index (Phi) is 8.81. The standard InChI is InChI=1S/C26H30N2O6/c1-3-28-17-21(26(31)32)25(30)20-10-7-11-22(24(20)28)34-13-5-4-12-27-16-19-9-6-8-18(14-19)15-23(29)33-2/h6-11,14,17,27H,3-5,12-13,15-16H2,1-2H3,(H,31,32). The number of aromatic nitrogens is 1. The van der Waals surface area contributed by atoms with Crippen molar-refractivity contribution in [3.8, 4) is 5.75 Å². The summed E-state index contributed by atoms with van der Waals surface area (Å²) in [5.74, 6) is -0.915. The number of hydrogen-bond acceptors (Lipinski definition) is 6. The van der Waals surface area contributed by atoms with Gasteiger partial charge in [0.15, 0.2) is 0 Å². The summed E-state index contributed by atoms with van der Waals surface area (Å²) in [6.07, 6.45) is 3.36. The predicted octanol–water partition coefficient (Wildman–Crippen LogP) is 3.38. The zero-order valence-electron chi connectivity index (χ0n) is 19.5. The van der Waals surface area contributed by atoms with Gasteiger partial charge in [0.25, 0.3) is 0 Å². The second kappa shape index (κ2) is 12.0. The first-order valence-electron chi connectivity index (χ1n) is 11.3. The Morgan fingerprint density at radius 2 is 1.85 bits per heavy atom. The number of esters is 1. The fourth-order valence-electron chi connectivity index (χ4n) is 3.80. The minimum absolute atomic E-state index is 0.242. The quantitative estimate of drug-likeness (QED) is 0.311. The number of carbonyl (C=O) groups is 2. The van der Waals surface area contributed by atoms with Crippen molar-refractivity contribution in [2.45, 2.75) is 39.3 Å². The lowest BCUT2D eigenvalue weighted by Crippen LogP contribution is -2.19. The molecule has 180 valence electrons. The van der Waals surface area contributed by atoms with Gasteiger partial charge in [0, 0.05) is 19.3 Å². The number of aromatic carboxylic acids is 1. The molecule has 0 amide bonds. The molecule has 0 atom stereocenters. The molecule has 2 N–H and O–H groups in total. The number of hydrogen-bond donors (Lipinski definition) is 2. The molecule has 0 bridgehead atoms. The highest BCUT2D eigenvalue weighted by molar-refractivity contribution is 5.94. The van der Waals surface area contributed by atoms with Crippen LogP contribution in [-0.4, -0.2) is 41.9 Å². The first-order valence-corrected chi connectivity index (χ1v) is 11.3. The number of carboxylic acid groups (broad SMARTS) is 1. The van der Waals surface area contributed by atoms with Crippen molar-refractivity contribution in [2.24, 2.45) is 0 Å². The van der Waals surface area contributed by atoms with Gasteiger partial charge >= 0.3 is 11.9 Å². The zero-order valence-corrected chi connectivity index (χ0v) is 19.5. The molecule has 2 aromatic carbocycles. The zero-order chi connectivity index (χ0) is 24.5. The molecule has 0 saturated carbocycles. The fraction of sp³-hybridized carbons (Fsp3) is 0.346. The van der Waals surface area contributed by atoms with Crippen LogP contribution in [0, 0.1) is 0 Å². The molecule has 0 aliphatic heterocycles. The van der Waals surface area contributed by atoms with Crippen LogP contribution in [0.15, 0.2) is 53.5 Å². The first-order chi connectivity index (χ1) is 16.4. The van der Waals surface area contributed by atoms with Crippen molar-refractivity contribution < 1.29 is 24.2 Å². The number of unbranched alkanes of at least 4 members (excludes halogenated alkanes) is 1. The summed E-state index contributed by atoms with van der Waals surface area (Å²) in [7, 11) is 1.38. The van der Waals surface area contributed by atoms with Crippen molar-refractivity contribution in [3.63, 3.8) is 0 Å². The molecule has 34 heavy (non-hydrogen) atoms. The Morgan fingerprint density at radius 1 is 1.09 bits per heavy atom. The van der Waals surface area contributed by atoms with Gasteiger partial charge in [-0.1, -0.05) is 30.3 Å². The van der Waals surface area contributed by atoms with E-state index in [2.05, 4.69) is 5.32 Å². The van der Waals surface area contributed by atoms with Crippen LogP contribution in [0.4, 0.5) is 0 Å². The molecular weight excluding hydrogens is 436 g/mol. The highest BCUT2D eigenvalue weighted by Gasteiger charge is 2.16. The van der Waals surface area contributed by atoms with Gasteiger partial charge in [0.05, 0.1) is 31.0 Å². The average Bonchev–Trinajstić information content (AvgIpc) is 2.83. The van der Waals surface area contributed by atoms with Crippen LogP contribution in [0.1, 0.15) is 41.3 Å². The number of benzene rings is 2. The lowest BCUT2D eigenvalue weighted by molar-refractivity contribution is -0.139. The lowest BCUT2D eigenvalue weighted by atomic mass is 10.1. The number of carbonyl (C=O) groups excluding carboxylic acids is 1. The molecule has 1 aromatic heterocycles. The van der Waals surface area contributed by atoms with E-state index in [0.29, 0.717) is 36.3 Å². The van der Waals surface area contributed by atoms with E-state index in [1.54, 1.807) is 22.8 Å². The number of nitrogens with one attached hydrogen (secondary N) is 1. The summed E-state index contributed by atoms with van der Waals surface area (Å²) in [4.78, 5) is 35.4. The largest absolute Gasteiger partial charge is 0.491 e. The summed E-state index contributed by atoms with van der Waals surface area (Å²) in [6.45, 7) is 4.40. The van der Waals surface area contributed by atoms with Crippen LogP contribution in [-0.2, 0) is 29.0 Å². The monoisotopic (exact) mass is 466 g/mol. The van der Waals surface area contributed by atoms with Gasteiger partial charge in [-0.2, -0.15) is 0 Å². The SMILES string of the molecule is CCn1cc(C(=O)O)c(=O)c2cccc(OCCCCNCc3cccc(CC(=O)OC)c3)c21. The van der Waals surface area contributed by atoms with Gasteiger partial charge in [0.2, 0.25) is 5.43 Å². The van der Waals surface area contributed by atoms with Crippen molar-refractivity contribution in [1.29, 1.82) is 0 Å². The number of para-hydroxylation sites is 1. The van der Waals surface area contributed by atoms with E-state index < -0.39 is 11.4 Å². The van der Waals surface area contributed by atoms with Crippen LogP contribution in [0.25, 0.3) is 10.9 Å². The van der Waals surface area contributed by atoms with Crippen LogP contribution in [0.3, 0.4) is 0 Å². The highest BCUT2D eigenvalue weighted by Crippen LogP contribution is 2.24. The first kappa shape index (κ1) is 25.0. The van der Waals surface area contributed by atoms with Gasteiger partial charge in [0.1, 0.15) is 11.3 Å². The highest BCUT2D eigenvalue weighted by atomic mass is 16.5. The van der Waals surface area contributed by atoms with Gasteiger partial charge < -0.3 is 24.5 Å². The smallest absolute Gasteiger partial charge is 0.341 e. The van der Waals surface area contributed by atoms with E-state index in [4.69, 9.17) is 9.47 Å². The molecule has 0 unspecified atom stereocenters. The number of nitrogens with zero attached hydrogens (tertiary/aromatic N) is 1. The van der Waals surface area contributed by atoms with Gasteiger partial charge in [-0.05, 0) is 49.6 Å². The topological polar surface area (TPSA) is 107 Å². The normalized spacial score (nSPS) is 10.9. The third-order valence-corrected chi connectivity index (χ3v) is 5.53. The van der Waals surface area contributed by atoms with Crippen molar-refractivity contribution in [1.82, 2.24) is 9.88 Å². The Labute approximate surface area is 198 Å². The molecule has 0 radical (unpaired) electrons. The van der Waals surface area contributed by atoms with Gasteiger partial charge in [-0.3, -0.25) is 9.59 Å². The number of rotatable bonds is 12. The minimum Gasteiger partial charge on any atom is -0.491 e. The molecular formula is C26H30N2O6. The van der Waals surface area contributed by atoms with Crippen molar-refractivity contribution in [3.05, 3.63) is 75.6 Å². The number of methoxy groups -OCH3 is 1. The molecule has 0 saturated heterocycles. The van der Waals surface area contributed by atoms with Crippen molar-refractivity contribution in [2.75, 3.05) is 20.3 Å². The third-order valence-electron chi connectivity index (χ3n) is 5.53. The summed E-state index contributed by atoms with van der Waals surface area (Å²) in [5, 5.41) is 13.1. The van der Waals surface area contributed by atoms with E-state index in [1.807, 2.05) is 31.2 Å². The predicted molar refractivity (Wildman–Crippen MR) is 129 cm³/mol. The molecule has 0 fully saturated rings. The lowest BCUT2D eigenvalue weighted by Gasteiger charge is -2.15. The summed E-state index contributed by atoms with van der Waals surface area (Å²) in [6, 6.07) is 13.0. The third kappa shape index (κ3) is 6.23. The van der Waals surface area contributed by atoms with Crippen LogP contribution in [0.5, 0.6) is 5.75 Å². The maximum atomic E-state index is 12.6. The van der Waals surface area contributed by atoms with E-state index in [0.717, 1.165) is 30.5 Å². The molecule has 0 aliphatic carbocycles. The maximum absolute atomic E-state index is 12.6. The van der Waals surface area contributed by atoms with E-state index in [1.165, 1.54) is 13.3 Å². The molecule has 0 spiro atoms. The Hall–Kier alpha value is -3.65. The minimum atomic E-state index is -1.23. The van der Waals surface area contributed by atoms with Crippen molar-refractivity contribution >= 4 is 22.8 Å². The Bertz CT molecular complexity index is 1220. The summed E-state index contributed by atoms with van der Waals surface area (Å²) >= 11 is 0. The summed E-state index contributed by atoms with van der Waals surface area (Å²) < 4.78 is 12.4. The molecule has 8 nitrogen and oxygen atoms in total. The van der Waals surface area contributed by atoms with E-state index in [9.17, 15) is 19.5 Å². The molecule has 3 aromatic rings. The van der Waals surface area contributed by atoms with E-state index in [-0.39, 0.29) is 18.0 Å². The molecule has 0 aliphatic rings. The Balaban J connectivity index is 1.51. The average molecular weight is 467 g/mol. The second-order valence-electron chi connectivity index (χ2n) is 7.92. The van der Waals surface area contributed by atoms with Crippen LogP contribution >= 0.6 is 0 Å². The van der Waals surface area contributed by atoms with Gasteiger partial charge in [-0.15, -0.1) is 0 Å². The summed E-state index contributed by atoms with van der Waals surface area (Å²) in [5.41, 5.74) is 1.90. The number of carboxylic acids is 1.